The first-order valence-electron chi connectivity index (χ1n) is 19.7. The van der Waals surface area contributed by atoms with E-state index in [4.69, 9.17) is 9.47 Å². The average molecular weight is 721 g/mol. The van der Waals surface area contributed by atoms with Crippen molar-refractivity contribution in [2.75, 3.05) is 60.0 Å². The molecule has 2 N–H and O–H groups in total. The predicted molar refractivity (Wildman–Crippen MR) is 216 cm³/mol. The van der Waals surface area contributed by atoms with Crippen LogP contribution in [0.1, 0.15) is 79.9 Å². The summed E-state index contributed by atoms with van der Waals surface area (Å²) in [4.78, 5) is 21.1. The van der Waals surface area contributed by atoms with E-state index in [0.717, 1.165) is 69.5 Å². The number of hydrogen-bond acceptors (Lipinski definition) is 7. The third-order valence-corrected chi connectivity index (χ3v) is 11.1. The molecule has 2 saturated heterocycles. The fraction of sp³-hybridized carbons (Fsp3) is 0.489. The number of ether oxygens (including phenoxy) is 2. The Morgan fingerprint density at radius 1 is 0.962 bits per heavy atom. The fourth-order valence-corrected chi connectivity index (χ4v) is 7.99. The lowest BCUT2D eigenvalue weighted by atomic mass is 10.0. The SMILES string of the molecule is CCN1CCCC(N(C/C(C)=C/c2ccccc2)C(=O)c2cc(O)c(O[C@H]3CC3Cc3ccc(/C=C(\C)CNC4CCCN(C)C4)cc3)c(OC)c2)C1. The van der Waals surface area contributed by atoms with E-state index in [1.54, 1.807) is 19.2 Å². The topological polar surface area (TPSA) is 77.5 Å². The van der Waals surface area contributed by atoms with E-state index in [1.165, 1.54) is 36.1 Å². The second-order valence-corrected chi connectivity index (χ2v) is 15.6. The number of benzene rings is 3. The molecular weight excluding hydrogens is 661 g/mol. The molecular formula is C45H60N4O4. The van der Waals surface area contributed by atoms with Crippen molar-refractivity contribution in [2.24, 2.45) is 5.92 Å². The van der Waals surface area contributed by atoms with E-state index in [1.807, 2.05) is 23.1 Å². The van der Waals surface area contributed by atoms with Crippen molar-refractivity contribution in [3.05, 3.63) is 100 Å². The Balaban J connectivity index is 1.08. The van der Waals surface area contributed by atoms with Crippen LogP contribution in [0.4, 0.5) is 0 Å². The van der Waals surface area contributed by atoms with Gasteiger partial charge in [0.1, 0.15) is 6.10 Å². The first kappa shape index (κ1) is 38.6. The molecule has 2 heterocycles. The maximum atomic E-state index is 14.3. The van der Waals surface area contributed by atoms with Crippen molar-refractivity contribution in [3.8, 4) is 17.2 Å². The number of methoxy groups -OCH3 is 1. The van der Waals surface area contributed by atoms with Gasteiger partial charge in [-0.15, -0.1) is 0 Å². The average Bonchev–Trinajstić information content (AvgIpc) is 3.91. The summed E-state index contributed by atoms with van der Waals surface area (Å²) in [6.45, 7) is 13.0. The minimum atomic E-state index is -0.111. The van der Waals surface area contributed by atoms with Gasteiger partial charge >= 0.3 is 0 Å². The fourth-order valence-electron chi connectivity index (χ4n) is 7.99. The van der Waals surface area contributed by atoms with Crippen LogP contribution in [0.3, 0.4) is 0 Å². The van der Waals surface area contributed by atoms with Gasteiger partial charge in [-0.25, -0.2) is 0 Å². The first-order valence-corrected chi connectivity index (χ1v) is 19.7. The second kappa shape index (κ2) is 18.3. The van der Waals surface area contributed by atoms with E-state index < -0.39 is 0 Å². The molecule has 6 rings (SSSR count). The summed E-state index contributed by atoms with van der Waals surface area (Å²) in [7, 11) is 3.77. The van der Waals surface area contributed by atoms with Gasteiger partial charge in [0.15, 0.2) is 11.5 Å². The highest BCUT2D eigenvalue weighted by Crippen LogP contribution is 2.45. The number of hydrogen-bond donors (Lipinski definition) is 2. The minimum absolute atomic E-state index is 0.0207. The van der Waals surface area contributed by atoms with Gasteiger partial charge in [-0.05, 0) is 108 Å². The molecule has 0 spiro atoms. The molecule has 3 aromatic carbocycles. The quantitative estimate of drug-likeness (QED) is 0.168. The Bertz CT molecular complexity index is 1720. The van der Waals surface area contributed by atoms with Gasteiger partial charge in [0.25, 0.3) is 5.91 Å². The van der Waals surface area contributed by atoms with Crippen molar-refractivity contribution < 1.29 is 19.4 Å². The largest absolute Gasteiger partial charge is 0.504 e. The van der Waals surface area contributed by atoms with Crippen LogP contribution in [0.15, 0.2) is 77.9 Å². The predicted octanol–water partition coefficient (Wildman–Crippen LogP) is 7.53. The zero-order valence-corrected chi connectivity index (χ0v) is 32.5. The third-order valence-electron chi connectivity index (χ3n) is 11.1. The summed E-state index contributed by atoms with van der Waals surface area (Å²) in [5, 5.41) is 15.0. The zero-order valence-electron chi connectivity index (χ0n) is 32.5. The first-order chi connectivity index (χ1) is 25.7. The molecule has 8 heteroatoms. The van der Waals surface area contributed by atoms with Crippen molar-refractivity contribution in [3.63, 3.8) is 0 Å². The minimum Gasteiger partial charge on any atom is -0.504 e. The zero-order chi connectivity index (χ0) is 37.3. The lowest BCUT2D eigenvalue weighted by Gasteiger charge is -2.39. The molecule has 284 valence electrons. The molecule has 1 saturated carbocycles. The number of phenols is 1. The number of aromatic hydroxyl groups is 1. The van der Waals surface area contributed by atoms with Gasteiger partial charge in [0.05, 0.1) is 7.11 Å². The third kappa shape index (κ3) is 10.7. The van der Waals surface area contributed by atoms with Crippen molar-refractivity contribution in [1.82, 2.24) is 20.0 Å². The van der Waals surface area contributed by atoms with Crippen LogP contribution in [0.5, 0.6) is 17.2 Å². The highest BCUT2D eigenvalue weighted by atomic mass is 16.5. The number of amides is 1. The summed E-state index contributed by atoms with van der Waals surface area (Å²) in [6, 6.07) is 23.0. The molecule has 1 amide bonds. The Morgan fingerprint density at radius 2 is 1.70 bits per heavy atom. The van der Waals surface area contributed by atoms with Gasteiger partial charge < -0.3 is 34.6 Å². The van der Waals surface area contributed by atoms with Gasteiger partial charge in [-0.3, -0.25) is 4.79 Å². The molecule has 0 bridgehead atoms. The lowest BCUT2D eigenvalue weighted by Crippen LogP contribution is -2.50. The molecule has 1 aliphatic carbocycles. The van der Waals surface area contributed by atoms with Crippen molar-refractivity contribution in [2.45, 2.75) is 77.5 Å². The molecule has 2 aliphatic heterocycles. The van der Waals surface area contributed by atoms with E-state index in [-0.39, 0.29) is 23.8 Å². The summed E-state index contributed by atoms with van der Waals surface area (Å²) in [5.41, 5.74) is 6.45. The summed E-state index contributed by atoms with van der Waals surface area (Å²) in [5.74, 6) is 0.864. The number of likely N-dealkylation sites (tertiary alicyclic amines) is 2. The summed E-state index contributed by atoms with van der Waals surface area (Å²) in [6.07, 6.45) is 10.7. The molecule has 3 unspecified atom stereocenters. The van der Waals surface area contributed by atoms with Crippen LogP contribution in [-0.2, 0) is 6.42 Å². The number of likely N-dealkylation sites (N-methyl/N-ethyl adjacent to an activating group) is 2. The maximum absolute atomic E-state index is 14.3. The molecule has 3 fully saturated rings. The van der Waals surface area contributed by atoms with Crippen molar-refractivity contribution >= 4 is 18.1 Å². The number of nitrogens with zero attached hydrogens (tertiary/aromatic N) is 3. The molecule has 0 aromatic heterocycles. The Kier molecular flexibility index (Phi) is 13.3. The molecule has 8 nitrogen and oxygen atoms in total. The monoisotopic (exact) mass is 720 g/mol. The number of carbonyl (C=O) groups is 1. The number of carbonyl (C=O) groups excluding carboxylic acids is 1. The Hall–Kier alpha value is -4.11. The van der Waals surface area contributed by atoms with E-state index >= 15 is 0 Å². The van der Waals surface area contributed by atoms with Crippen LogP contribution in [0.2, 0.25) is 0 Å². The van der Waals surface area contributed by atoms with E-state index in [9.17, 15) is 9.90 Å². The van der Waals surface area contributed by atoms with Crippen molar-refractivity contribution in [1.29, 1.82) is 0 Å². The van der Waals surface area contributed by atoms with Gasteiger partial charge in [0.2, 0.25) is 5.75 Å². The van der Waals surface area contributed by atoms with E-state index in [0.29, 0.717) is 35.6 Å². The van der Waals surface area contributed by atoms with Crippen LogP contribution in [-0.4, -0.2) is 104 Å². The van der Waals surface area contributed by atoms with Crippen LogP contribution >= 0.6 is 0 Å². The number of nitrogens with one attached hydrogen (secondary N) is 1. The molecule has 4 atom stereocenters. The molecule has 0 radical (unpaired) electrons. The lowest BCUT2D eigenvalue weighted by molar-refractivity contribution is 0.0577. The van der Waals surface area contributed by atoms with Gasteiger partial charge in [-0.1, -0.05) is 84.8 Å². The molecule has 3 aliphatic rings. The summed E-state index contributed by atoms with van der Waals surface area (Å²) >= 11 is 0. The van der Waals surface area contributed by atoms with Crippen LogP contribution < -0.4 is 14.8 Å². The number of phenolic OH excluding ortho intramolecular Hbond substituents is 1. The van der Waals surface area contributed by atoms with Gasteiger partial charge in [0, 0.05) is 49.7 Å². The van der Waals surface area contributed by atoms with Crippen LogP contribution in [0.25, 0.3) is 12.2 Å². The van der Waals surface area contributed by atoms with Gasteiger partial charge in [-0.2, -0.15) is 0 Å². The second-order valence-electron chi connectivity index (χ2n) is 15.6. The Morgan fingerprint density at radius 3 is 2.43 bits per heavy atom. The normalized spacial score (nSPS) is 22.7. The molecule has 53 heavy (non-hydrogen) atoms. The smallest absolute Gasteiger partial charge is 0.254 e. The number of rotatable bonds is 15. The highest BCUT2D eigenvalue weighted by molar-refractivity contribution is 5.96. The number of piperidine rings is 2. The maximum Gasteiger partial charge on any atom is 0.254 e. The highest BCUT2D eigenvalue weighted by Gasteiger charge is 2.41. The summed E-state index contributed by atoms with van der Waals surface area (Å²) < 4.78 is 12.1. The Labute approximate surface area is 317 Å². The molecule has 3 aromatic rings. The van der Waals surface area contributed by atoms with Crippen LogP contribution in [0, 0.1) is 5.92 Å². The standard InChI is InChI=1S/C45H60N4O4/c1-6-48-21-11-15-40(31-48)49(29-33(3)23-34-12-8-7-9-13-34)45(51)38-25-41(50)44(43(27-38)52-5)53-42-26-37(42)24-36-18-16-35(17-19-36)22-32(2)28-46-39-14-10-20-47(4)30-39/h7-9,12-13,16-19,22-23,25,27,37,39-40,42,46,50H,6,10-11,14-15,20-21,24,26,28-31H2,1-5H3/b32-22+,33-23+/t37?,39?,40?,42-/m0/s1. The van der Waals surface area contributed by atoms with E-state index in [2.05, 4.69) is 91.5 Å².